The summed E-state index contributed by atoms with van der Waals surface area (Å²) in [7, 11) is 0. The first-order valence-electron chi connectivity index (χ1n) is 3.31. The first-order valence-corrected chi connectivity index (χ1v) is 3.31. The molecule has 79 valence electrons. The van der Waals surface area contributed by atoms with Crippen LogP contribution in [0.3, 0.4) is 0 Å². The fourth-order valence-corrected chi connectivity index (χ4v) is 0.783. The second kappa shape index (κ2) is 6.28. The Morgan fingerprint density at radius 2 is 1.36 bits per heavy atom. The molecule has 0 aromatic rings. The van der Waals surface area contributed by atoms with Gasteiger partial charge in [0.05, 0.1) is 17.4 Å². The molecule has 0 aromatic carbocycles. The number of aliphatic carboxylic acids is 2. The van der Waals surface area contributed by atoms with Crippen molar-refractivity contribution >= 4 is 11.9 Å². The van der Waals surface area contributed by atoms with E-state index in [1.807, 2.05) is 11.8 Å². The van der Waals surface area contributed by atoms with Gasteiger partial charge in [-0.2, -0.15) is 0 Å². The second-order valence-electron chi connectivity index (χ2n) is 2.42. The standard InChI is InChI=1S/C9H8O4.Ag/c1-3-5-9(6-4-2,7(10)11)8(12)13;/h1-2H,5-6H2,(H,10,11)(H,12,13);/p-2. The van der Waals surface area contributed by atoms with E-state index in [4.69, 9.17) is 12.8 Å². The molecule has 0 atom stereocenters. The van der Waals surface area contributed by atoms with Crippen molar-refractivity contribution in [1.82, 2.24) is 0 Å². The second-order valence-corrected chi connectivity index (χ2v) is 2.42. The number of carboxylic acid groups (broad SMARTS) is 2. The van der Waals surface area contributed by atoms with Gasteiger partial charge in [0.1, 0.15) is 0 Å². The van der Waals surface area contributed by atoms with Gasteiger partial charge in [-0.1, -0.05) is 0 Å². The van der Waals surface area contributed by atoms with Gasteiger partial charge in [-0.05, 0) is 0 Å². The van der Waals surface area contributed by atoms with E-state index in [1.165, 1.54) is 0 Å². The maximum atomic E-state index is 10.5. The molecule has 0 aliphatic heterocycles. The van der Waals surface area contributed by atoms with Gasteiger partial charge < -0.3 is 19.8 Å². The number of rotatable bonds is 4. The summed E-state index contributed by atoms with van der Waals surface area (Å²) in [6.07, 6.45) is 8.56. The fourth-order valence-electron chi connectivity index (χ4n) is 0.783. The van der Waals surface area contributed by atoms with Crippen molar-refractivity contribution in [3.05, 3.63) is 0 Å². The molecule has 0 saturated heterocycles. The zero-order chi connectivity index (χ0) is 10.5. The molecular formula is C9H6AgO4-2. The minimum Gasteiger partial charge on any atom is -0.549 e. The first-order chi connectivity index (χ1) is 6.01. The summed E-state index contributed by atoms with van der Waals surface area (Å²) in [6.45, 7) is 0. The summed E-state index contributed by atoms with van der Waals surface area (Å²) >= 11 is 0. The van der Waals surface area contributed by atoms with Gasteiger partial charge in [-0.3, -0.25) is 0 Å². The maximum Gasteiger partial charge on any atom is 0.0711 e. The molecule has 0 N–H and O–H groups in total. The van der Waals surface area contributed by atoms with Crippen LogP contribution in [0, 0.1) is 30.1 Å². The van der Waals surface area contributed by atoms with Gasteiger partial charge in [0, 0.05) is 35.2 Å². The number of carbonyl (C=O) groups is 2. The summed E-state index contributed by atoms with van der Waals surface area (Å²) in [5, 5.41) is 21.0. The van der Waals surface area contributed by atoms with Gasteiger partial charge in [-0.15, -0.1) is 24.7 Å². The Hall–Kier alpha value is -1.20. The molecule has 4 nitrogen and oxygen atoms in total. The van der Waals surface area contributed by atoms with Crippen LogP contribution in [0.4, 0.5) is 0 Å². The molecule has 0 unspecified atom stereocenters. The van der Waals surface area contributed by atoms with Crippen molar-refractivity contribution in [2.45, 2.75) is 12.8 Å². The third-order valence-electron chi connectivity index (χ3n) is 1.59. The van der Waals surface area contributed by atoms with Gasteiger partial charge in [-0.25, -0.2) is 0 Å². The van der Waals surface area contributed by atoms with Gasteiger partial charge in [0.25, 0.3) is 0 Å². The molecule has 5 heteroatoms. The normalized spacial score (nSPS) is 9.00. The molecule has 1 radical (unpaired) electrons. The van der Waals surface area contributed by atoms with Crippen LogP contribution in [0.15, 0.2) is 0 Å². The van der Waals surface area contributed by atoms with Crippen LogP contribution in [-0.4, -0.2) is 11.9 Å². The zero-order valence-electron chi connectivity index (χ0n) is 7.00. The summed E-state index contributed by atoms with van der Waals surface area (Å²) in [4.78, 5) is 21.0. The summed E-state index contributed by atoms with van der Waals surface area (Å²) in [5.74, 6) is 0.205. The predicted octanol–water partition coefficient (Wildman–Crippen LogP) is -2.48. The molecule has 0 aliphatic carbocycles. The van der Waals surface area contributed by atoms with Gasteiger partial charge in [0.2, 0.25) is 0 Å². The molecule has 0 amide bonds. The largest absolute Gasteiger partial charge is 0.549 e. The minimum absolute atomic E-state index is 0. The van der Waals surface area contributed by atoms with Crippen LogP contribution in [0.1, 0.15) is 12.8 Å². The Labute approximate surface area is 97.2 Å². The third kappa shape index (κ3) is 2.93. The first kappa shape index (κ1) is 15.3. The van der Waals surface area contributed by atoms with E-state index in [2.05, 4.69) is 0 Å². The Bertz CT molecular complexity index is 276. The van der Waals surface area contributed by atoms with Gasteiger partial charge >= 0.3 is 0 Å². The monoisotopic (exact) mass is 285 g/mol. The van der Waals surface area contributed by atoms with Crippen molar-refractivity contribution in [3.63, 3.8) is 0 Å². The molecule has 0 aromatic heterocycles. The Morgan fingerprint density at radius 3 is 1.50 bits per heavy atom. The number of hydrogen-bond donors (Lipinski definition) is 0. The Balaban J connectivity index is 0. The van der Waals surface area contributed by atoms with E-state index in [0.717, 1.165) is 0 Å². The average molecular weight is 286 g/mol. The molecule has 0 aliphatic rings. The van der Waals surface area contributed by atoms with E-state index in [0.29, 0.717) is 0 Å². The number of carbonyl (C=O) groups excluding carboxylic acids is 2. The van der Waals surface area contributed by atoms with Gasteiger partial charge in [0.15, 0.2) is 0 Å². The van der Waals surface area contributed by atoms with E-state index in [-0.39, 0.29) is 22.4 Å². The number of carboxylic acids is 2. The quantitative estimate of drug-likeness (QED) is 0.325. The minimum atomic E-state index is -2.26. The molecule has 0 saturated carbocycles. The number of terminal acetylenes is 2. The van der Waals surface area contributed by atoms with Crippen molar-refractivity contribution in [1.29, 1.82) is 0 Å². The maximum absolute atomic E-state index is 10.5. The molecule has 0 heterocycles. The van der Waals surface area contributed by atoms with E-state index < -0.39 is 30.2 Å². The van der Waals surface area contributed by atoms with Crippen LogP contribution in [0.25, 0.3) is 0 Å². The SMILES string of the molecule is C#CCC(CC#C)(C(=O)[O-])C(=O)[O-].[Ag]. The Morgan fingerprint density at radius 1 is 1.07 bits per heavy atom. The molecule has 0 rings (SSSR count). The molecular weight excluding hydrogens is 280 g/mol. The van der Waals surface area contributed by atoms with Crippen LogP contribution < -0.4 is 10.2 Å². The van der Waals surface area contributed by atoms with E-state index in [1.54, 1.807) is 0 Å². The van der Waals surface area contributed by atoms with Crippen molar-refractivity contribution in [3.8, 4) is 24.7 Å². The predicted molar refractivity (Wildman–Crippen MR) is 39.3 cm³/mol. The van der Waals surface area contributed by atoms with Crippen molar-refractivity contribution in [2.24, 2.45) is 5.41 Å². The summed E-state index contributed by atoms with van der Waals surface area (Å²) in [5.41, 5.74) is -2.26. The zero-order valence-corrected chi connectivity index (χ0v) is 8.49. The van der Waals surface area contributed by atoms with E-state index >= 15 is 0 Å². The molecule has 0 bridgehead atoms. The summed E-state index contributed by atoms with van der Waals surface area (Å²) in [6, 6.07) is 0. The van der Waals surface area contributed by atoms with Crippen LogP contribution in [0.2, 0.25) is 0 Å². The molecule has 14 heavy (non-hydrogen) atoms. The smallest absolute Gasteiger partial charge is 0.0711 e. The van der Waals surface area contributed by atoms with Crippen LogP contribution >= 0.6 is 0 Å². The third-order valence-corrected chi connectivity index (χ3v) is 1.59. The van der Waals surface area contributed by atoms with Crippen molar-refractivity contribution in [2.75, 3.05) is 0 Å². The van der Waals surface area contributed by atoms with Crippen molar-refractivity contribution < 1.29 is 42.2 Å². The molecule has 0 spiro atoms. The molecule has 0 fully saturated rings. The van der Waals surface area contributed by atoms with Crippen LogP contribution in [-0.2, 0) is 32.0 Å². The topological polar surface area (TPSA) is 80.3 Å². The van der Waals surface area contributed by atoms with E-state index in [9.17, 15) is 19.8 Å². The fraction of sp³-hybridized carbons (Fsp3) is 0.333. The summed E-state index contributed by atoms with van der Waals surface area (Å²) < 4.78 is 0. The average Bonchev–Trinajstić information content (AvgIpc) is 2.03. The van der Waals surface area contributed by atoms with Crippen LogP contribution in [0.5, 0.6) is 0 Å². The number of hydrogen-bond acceptors (Lipinski definition) is 4. The Kier molecular flexibility index (Phi) is 6.86.